The van der Waals surface area contributed by atoms with E-state index in [2.05, 4.69) is 31.0 Å². The minimum absolute atomic E-state index is 0.168. The van der Waals surface area contributed by atoms with Gasteiger partial charge in [0.1, 0.15) is 0 Å². The number of hydrogen-bond acceptors (Lipinski definition) is 3. The van der Waals surface area contributed by atoms with Crippen LogP contribution in [-0.2, 0) is 4.79 Å². The maximum atomic E-state index is 13.5. The van der Waals surface area contributed by atoms with Gasteiger partial charge in [0.25, 0.3) is 0 Å². The number of hydrogen-bond donors (Lipinski definition) is 2. The van der Waals surface area contributed by atoms with Gasteiger partial charge < -0.3 is 10.4 Å². The van der Waals surface area contributed by atoms with E-state index in [1.807, 2.05) is 0 Å². The SMILES string of the molecule is CC1CCC(N(C2CCC(C)CC2)C2CCC(CCC3CCCC(NC(=O)C4CC5CCCCC5C(C)C4O)C3)CC2)CC1. The Kier molecular flexibility index (Phi) is 11.7. The van der Waals surface area contributed by atoms with Crippen molar-refractivity contribution < 1.29 is 9.90 Å². The van der Waals surface area contributed by atoms with Gasteiger partial charge in [-0.15, -0.1) is 0 Å². The summed E-state index contributed by atoms with van der Waals surface area (Å²) in [6, 6.07) is 2.90. The van der Waals surface area contributed by atoms with Crippen molar-refractivity contribution in [2.45, 2.75) is 199 Å². The molecule has 6 fully saturated rings. The van der Waals surface area contributed by atoms with Gasteiger partial charge in [0.15, 0.2) is 0 Å². The van der Waals surface area contributed by atoms with Crippen LogP contribution in [0, 0.1) is 47.3 Å². The molecule has 0 aliphatic heterocycles. The molecule has 1 amide bonds. The smallest absolute Gasteiger partial charge is 0.225 e. The summed E-state index contributed by atoms with van der Waals surface area (Å²) in [6.45, 7) is 7.16. The summed E-state index contributed by atoms with van der Waals surface area (Å²) >= 11 is 0. The maximum Gasteiger partial charge on any atom is 0.225 e. The van der Waals surface area contributed by atoms with E-state index >= 15 is 0 Å². The van der Waals surface area contributed by atoms with Crippen LogP contribution in [-0.4, -0.2) is 46.2 Å². The summed E-state index contributed by atoms with van der Waals surface area (Å²) in [5.41, 5.74) is 0. The number of rotatable bonds is 8. The highest BCUT2D eigenvalue weighted by Crippen LogP contribution is 2.46. The summed E-state index contributed by atoms with van der Waals surface area (Å²) in [5, 5.41) is 14.6. The highest BCUT2D eigenvalue weighted by Gasteiger charge is 2.45. The topological polar surface area (TPSA) is 52.6 Å². The van der Waals surface area contributed by atoms with E-state index in [0.717, 1.165) is 54.6 Å². The van der Waals surface area contributed by atoms with Crippen LogP contribution in [0.1, 0.15) is 168 Å². The molecule has 4 heteroatoms. The minimum Gasteiger partial charge on any atom is -0.392 e. The predicted octanol–water partition coefficient (Wildman–Crippen LogP) is 9.28. The quantitative estimate of drug-likeness (QED) is 0.288. The van der Waals surface area contributed by atoms with Crippen LogP contribution in [0.15, 0.2) is 0 Å². The van der Waals surface area contributed by atoms with Crippen molar-refractivity contribution in [3.8, 4) is 0 Å². The van der Waals surface area contributed by atoms with Crippen LogP contribution in [0.5, 0.6) is 0 Å². The third kappa shape index (κ3) is 8.08. The van der Waals surface area contributed by atoms with Crippen LogP contribution in [0.2, 0.25) is 0 Å². The number of nitrogens with zero attached hydrogens (tertiary/aromatic N) is 1. The van der Waals surface area contributed by atoms with Gasteiger partial charge in [-0.25, -0.2) is 0 Å². The molecule has 0 spiro atoms. The van der Waals surface area contributed by atoms with E-state index < -0.39 is 6.10 Å². The maximum absolute atomic E-state index is 13.5. The standard InChI is InChI=1S/C40H70N2O2/c1-27-11-19-34(20-12-27)42(35-21-13-28(2)14-22-35)36-23-17-30(18-24-36)15-16-31-7-6-9-33(25-31)41-40(44)38-26-32-8-4-5-10-37(32)29(3)39(38)43/h27-39,43H,4-26H2,1-3H3,(H,41,44). The third-order valence-corrected chi connectivity index (χ3v) is 14.7. The fourth-order valence-corrected chi connectivity index (χ4v) is 11.7. The van der Waals surface area contributed by atoms with E-state index in [-0.39, 0.29) is 17.7 Å². The largest absolute Gasteiger partial charge is 0.392 e. The van der Waals surface area contributed by atoms with Gasteiger partial charge in [0.2, 0.25) is 5.91 Å². The van der Waals surface area contributed by atoms with E-state index in [1.165, 1.54) is 135 Å². The number of carbonyl (C=O) groups is 1. The van der Waals surface area contributed by atoms with Crippen molar-refractivity contribution in [2.75, 3.05) is 0 Å². The van der Waals surface area contributed by atoms with Crippen molar-refractivity contribution in [3.05, 3.63) is 0 Å². The molecule has 0 aromatic heterocycles. The van der Waals surface area contributed by atoms with Gasteiger partial charge in [-0.05, 0) is 144 Å². The molecule has 44 heavy (non-hydrogen) atoms. The molecule has 0 bridgehead atoms. The number of nitrogens with one attached hydrogen (secondary N) is 1. The highest BCUT2D eigenvalue weighted by atomic mass is 16.3. The summed E-state index contributed by atoms with van der Waals surface area (Å²) in [6.07, 6.45) is 30.6. The fourth-order valence-electron chi connectivity index (χ4n) is 11.7. The molecule has 0 aromatic carbocycles. The van der Waals surface area contributed by atoms with Gasteiger partial charge in [-0.3, -0.25) is 9.69 Å². The van der Waals surface area contributed by atoms with Gasteiger partial charge >= 0.3 is 0 Å². The molecule has 6 aliphatic carbocycles. The lowest BCUT2D eigenvalue weighted by Gasteiger charge is -2.49. The zero-order chi connectivity index (χ0) is 30.6. The van der Waals surface area contributed by atoms with Crippen molar-refractivity contribution in [3.63, 3.8) is 0 Å². The molecule has 2 N–H and O–H groups in total. The first-order valence-electron chi connectivity index (χ1n) is 20.1. The molecule has 6 aliphatic rings. The molecule has 252 valence electrons. The van der Waals surface area contributed by atoms with Crippen molar-refractivity contribution >= 4 is 5.91 Å². The molecule has 4 nitrogen and oxygen atoms in total. The zero-order valence-corrected chi connectivity index (χ0v) is 29.1. The lowest BCUT2D eigenvalue weighted by molar-refractivity contribution is -0.138. The highest BCUT2D eigenvalue weighted by molar-refractivity contribution is 5.79. The van der Waals surface area contributed by atoms with Crippen LogP contribution >= 0.6 is 0 Å². The molecule has 0 heterocycles. The van der Waals surface area contributed by atoms with Gasteiger partial charge in [-0.2, -0.15) is 0 Å². The second kappa shape index (κ2) is 15.5. The molecule has 7 unspecified atom stereocenters. The minimum atomic E-state index is -0.455. The Bertz CT molecular complexity index is 860. The Morgan fingerprint density at radius 1 is 0.636 bits per heavy atom. The Morgan fingerprint density at radius 2 is 1.20 bits per heavy atom. The molecule has 7 atom stereocenters. The second-order valence-corrected chi connectivity index (χ2v) is 17.7. The summed E-state index contributed by atoms with van der Waals surface area (Å²) in [7, 11) is 0. The average Bonchev–Trinajstić information content (AvgIpc) is 3.04. The zero-order valence-electron chi connectivity index (χ0n) is 29.1. The van der Waals surface area contributed by atoms with E-state index in [0.29, 0.717) is 17.9 Å². The van der Waals surface area contributed by atoms with E-state index in [4.69, 9.17) is 0 Å². The molecule has 0 saturated heterocycles. The second-order valence-electron chi connectivity index (χ2n) is 17.7. The fraction of sp³-hybridized carbons (Fsp3) is 0.975. The number of carbonyl (C=O) groups excluding carboxylic acids is 1. The average molecular weight is 611 g/mol. The molecular weight excluding hydrogens is 540 g/mol. The predicted molar refractivity (Wildman–Crippen MR) is 182 cm³/mol. The van der Waals surface area contributed by atoms with Crippen LogP contribution < -0.4 is 5.32 Å². The normalized spacial score (nSPS) is 45.4. The molecule has 0 aromatic rings. The third-order valence-electron chi connectivity index (χ3n) is 14.7. The van der Waals surface area contributed by atoms with E-state index in [1.54, 1.807) is 0 Å². The first kappa shape index (κ1) is 33.3. The Hall–Kier alpha value is -0.610. The molecule has 6 saturated carbocycles. The van der Waals surface area contributed by atoms with Crippen molar-refractivity contribution in [1.29, 1.82) is 0 Å². The van der Waals surface area contributed by atoms with Crippen molar-refractivity contribution in [2.24, 2.45) is 47.3 Å². The van der Waals surface area contributed by atoms with Crippen LogP contribution in [0.3, 0.4) is 0 Å². The van der Waals surface area contributed by atoms with Gasteiger partial charge in [-0.1, -0.05) is 65.7 Å². The number of fused-ring (bicyclic) bond motifs is 1. The Balaban J connectivity index is 0.950. The lowest BCUT2D eigenvalue weighted by Crippen LogP contribution is -2.52. The van der Waals surface area contributed by atoms with Crippen molar-refractivity contribution in [1.82, 2.24) is 10.2 Å². The summed E-state index contributed by atoms with van der Waals surface area (Å²) < 4.78 is 0. The van der Waals surface area contributed by atoms with Crippen LogP contribution in [0.4, 0.5) is 0 Å². The first-order valence-corrected chi connectivity index (χ1v) is 20.1. The van der Waals surface area contributed by atoms with E-state index in [9.17, 15) is 9.90 Å². The molecule has 6 rings (SSSR count). The molecular formula is C40H70N2O2. The lowest BCUT2D eigenvalue weighted by atomic mass is 9.61. The monoisotopic (exact) mass is 611 g/mol. The Labute approximate surface area is 271 Å². The first-order chi connectivity index (χ1) is 21.4. The number of amides is 1. The summed E-state index contributed by atoms with van der Waals surface area (Å²) in [4.78, 5) is 16.6. The van der Waals surface area contributed by atoms with Gasteiger partial charge in [0.05, 0.1) is 12.0 Å². The van der Waals surface area contributed by atoms with Crippen LogP contribution in [0.25, 0.3) is 0 Å². The molecule has 0 radical (unpaired) electrons. The number of aliphatic hydroxyl groups is 1. The Morgan fingerprint density at radius 3 is 1.84 bits per heavy atom. The number of aliphatic hydroxyl groups excluding tert-OH is 1. The van der Waals surface area contributed by atoms with Gasteiger partial charge in [0, 0.05) is 24.2 Å². The summed E-state index contributed by atoms with van der Waals surface area (Å²) in [5.74, 6) is 5.10.